The van der Waals surface area contributed by atoms with Crippen LogP contribution in [-0.4, -0.2) is 15.7 Å². The van der Waals surface area contributed by atoms with Gasteiger partial charge in [-0.15, -0.1) is 0 Å². The number of esters is 1. The molecule has 1 heterocycles. The number of carbonyl (C=O) groups is 1. The highest BCUT2D eigenvalue weighted by Crippen LogP contribution is 2.32. The lowest BCUT2D eigenvalue weighted by molar-refractivity contribution is -0.150. The highest BCUT2D eigenvalue weighted by molar-refractivity contribution is 5.70. The second-order valence-corrected chi connectivity index (χ2v) is 6.70. The van der Waals surface area contributed by atoms with Crippen molar-refractivity contribution in [1.29, 1.82) is 0 Å². The van der Waals surface area contributed by atoms with Gasteiger partial charge in [-0.3, -0.25) is 4.79 Å². The Morgan fingerprint density at radius 2 is 1.92 bits per heavy atom. The van der Waals surface area contributed by atoms with Crippen molar-refractivity contribution in [3.8, 4) is 5.69 Å². The summed E-state index contributed by atoms with van der Waals surface area (Å²) in [4.78, 5) is 12.3. The summed E-state index contributed by atoms with van der Waals surface area (Å²) < 4.78 is 7.60. The van der Waals surface area contributed by atoms with Crippen LogP contribution in [0.5, 0.6) is 0 Å². The van der Waals surface area contributed by atoms with Crippen molar-refractivity contribution < 1.29 is 9.53 Å². The molecule has 1 atom stereocenters. The monoisotopic (exact) mass is 346 g/mol. The van der Waals surface area contributed by atoms with E-state index in [0.29, 0.717) is 12.8 Å². The van der Waals surface area contributed by atoms with Crippen LogP contribution < -0.4 is 0 Å². The van der Waals surface area contributed by atoms with E-state index >= 15 is 0 Å². The lowest BCUT2D eigenvalue weighted by Gasteiger charge is -2.25. The van der Waals surface area contributed by atoms with Crippen LogP contribution in [0.1, 0.15) is 42.1 Å². The zero-order chi connectivity index (χ0) is 17.8. The van der Waals surface area contributed by atoms with Gasteiger partial charge in [0.05, 0.1) is 11.9 Å². The zero-order valence-corrected chi connectivity index (χ0v) is 14.7. The molecule has 3 aromatic rings. The molecule has 0 fully saturated rings. The van der Waals surface area contributed by atoms with Gasteiger partial charge in [0.25, 0.3) is 0 Å². The van der Waals surface area contributed by atoms with Crippen LogP contribution in [0.4, 0.5) is 0 Å². The number of ether oxygens (including phenoxy) is 1. The molecule has 4 nitrogen and oxygen atoms in total. The van der Waals surface area contributed by atoms with Crippen molar-refractivity contribution in [2.24, 2.45) is 0 Å². The predicted molar refractivity (Wildman–Crippen MR) is 100 cm³/mol. The first-order chi connectivity index (χ1) is 12.8. The third-order valence-corrected chi connectivity index (χ3v) is 4.86. The largest absolute Gasteiger partial charge is 0.457 e. The Morgan fingerprint density at radius 1 is 1.12 bits per heavy atom. The lowest BCUT2D eigenvalue weighted by Crippen LogP contribution is -2.17. The molecule has 4 heteroatoms. The molecule has 1 aromatic heterocycles. The van der Waals surface area contributed by atoms with E-state index in [1.54, 1.807) is 0 Å². The molecule has 26 heavy (non-hydrogen) atoms. The molecule has 0 radical (unpaired) electrons. The van der Waals surface area contributed by atoms with Crippen LogP contribution in [0.3, 0.4) is 0 Å². The second-order valence-electron chi connectivity index (χ2n) is 6.70. The van der Waals surface area contributed by atoms with Gasteiger partial charge in [0.1, 0.15) is 6.10 Å². The van der Waals surface area contributed by atoms with Crippen molar-refractivity contribution in [2.45, 2.75) is 38.2 Å². The fourth-order valence-electron chi connectivity index (χ4n) is 3.51. The first-order valence-electron chi connectivity index (χ1n) is 9.16. The molecule has 1 aliphatic carbocycles. The Morgan fingerprint density at radius 3 is 2.81 bits per heavy atom. The molecule has 132 valence electrons. The van der Waals surface area contributed by atoms with Gasteiger partial charge in [-0.25, -0.2) is 4.68 Å². The number of rotatable bonds is 5. The molecule has 0 saturated heterocycles. The molecule has 0 saturated carbocycles. The van der Waals surface area contributed by atoms with Crippen LogP contribution in [-0.2, 0) is 22.4 Å². The summed E-state index contributed by atoms with van der Waals surface area (Å²) in [7, 11) is 0. The van der Waals surface area contributed by atoms with Gasteiger partial charge < -0.3 is 4.74 Å². The number of hydrogen-bond donors (Lipinski definition) is 0. The van der Waals surface area contributed by atoms with Crippen LogP contribution in [0.25, 0.3) is 5.69 Å². The average molecular weight is 346 g/mol. The number of fused-ring (bicyclic) bond motifs is 1. The van der Waals surface area contributed by atoms with Crippen LogP contribution in [0.2, 0.25) is 0 Å². The van der Waals surface area contributed by atoms with Crippen molar-refractivity contribution >= 4 is 5.97 Å². The minimum atomic E-state index is -0.140. The van der Waals surface area contributed by atoms with E-state index in [1.165, 1.54) is 11.1 Å². The minimum absolute atomic E-state index is 0.0977. The first kappa shape index (κ1) is 16.6. The minimum Gasteiger partial charge on any atom is -0.457 e. The van der Waals surface area contributed by atoms with Gasteiger partial charge in [-0.2, -0.15) is 5.10 Å². The number of para-hydroxylation sites is 1. The zero-order valence-electron chi connectivity index (χ0n) is 14.7. The molecule has 2 aromatic carbocycles. The summed E-state index contributed by atoms with van der Waals surface area (Å²) in [6.45, 7) is 0. The van der Waals surface area contributed by atoms with E-state index in [2.05, 4.69) is 17.2 Å². The van der Waals surface area contributed by atoms with Crippen LogP contribution in [0.15, 0.2) is 67.0 Å². The molecule has 0 N–H and O–H groups in total. The van der Waals surface area contributed by atoms with Gasteiger partial charge >= 0.3 is 5.97 Å². The van der Waals surface area contributed by atoms with Gasteiger partial charge in [0, 0.05) is 12.6 Å². The third-order valence-electron chi connectivity index (χ3n) is 4.86. The average Bonchev–Trinajstić information content (AvgIpc) is 3.17. The summed E-state index contributed by atoms with van der Waals surface area (Å²) in [5.41, 5.74) is 4.53. The molecule has 1 aliphatic rings. The fourth-order valence-corrected chi connectivity index (χ4v) is 3.51. The van der Waals surface area contributed by atoms with E-state index in [-0.39, 0.29) is 12.1 Å². The van der Waals surface area contributed by atoms with E-state index in [1.807, 2.05) is 59.5 Å². The Bertz CT molecular complexity index is 886. The quantitative estimate of drug-likeness (QED) is 0.642. The highest BCUT2D eigenvalue weighted by Gasteiger charge is 2.23. The van der Waals surface area contributed by atoms with E-state index < -0.39 is 0 Å². The molecular weight excluding hydrogens is 324 g/mol. The SMILES string of the molecule is O=C(CCc1cnn(-c2ccccc2)c1)OC1CCCc2ccccc21. The van der Waals surface area contributed by atoms with Crippen molar-refractivity contribution in [3.63, 3.8) is 0 Å². The van der Waals surface area contributed by atoms with Crippen molar-refractivity contribution in [2.75, 3.05) is 0 Å². The molecule has 0 spiro atoms. The van der Waals surface area contributed by atoms with Crippen molar-refractivity contribution in [3.05, 3.63) is 83.7 Å². The summed E-state index contributed by atoms with van der Waals surface area (Å²) in [5, 5.41) is 4.37. The highest BCUT2D eigenvalue weighted by atomic mass is 16.5. The Kier molecular flexibility index (Phi) is 4.82. The molecule has 0 aliphatic heterocycles. The first-order valence-corrected chi connectivity index (χ1v) is 9.16. The summed E-state index contributed by atoms with van der Waals surface area (Å²) in [5.74, 6) is -0.140. The molecular formula is C22H22N2O2. The Balaban J connectivity index is 1.35. The maximum absolute atomic E-state index is 12.3. The molecule has 1 unspecified atom stereocenters. The topological polar surface area (TPSA) is 44.1 Å². The van der Waals surface area contributed by atoms with E-state index in [0.717, 1.165) is 30.5 Å². The lowest BCUT2D eigenvalue weighted by atomic mass is 9.89. The smallest absolute Gasteiger partial charge is 0.306 e. The molecule has 0 amide bonds. The summed E-state index contributed by atoms with van der Waals surface area (Å²) >= 11 is 0. The number of benzene rings is 2. The third kappa shape index (κ3) is 3.69. The van der Waals surface area contributed by atoms with Gasteiger partial charge in [0.15, 0.2) is 0 Å². The number of hydrogen-bond acceptors (Lipinski definition) is 3. The normalized spacial score (nSPS) is 16.1. The number of carbonyl (C=O) groups excluding carboxylic acids is 1. The van der Waals surface area contributed by atoms with Crippen molar-refractivity contribution in [1.82, 2.24) is 9.78 Å². The predicted octanol–water partition coefficient (Wildman–Crippen LogP) is 4.43. The van der Waals surface area contributed by atoms with Crippen LogP contribution >= 0.6 is 0 Å². The summed E-state index contributed by atoms with van der Waals surface area (Å²) in [6, 6.07) is 18.2. The second kappa shape index (κ2) is 7.56. The number of nitrogens with zero attached hydrogens (tertiary/aromatic N) is 2. The number of aryl methyl sites for hydroxylation is 2. The van der Waals surface area contributed by atoms with E-state index in [4.69, 9.17) is 4.74 Å². The Labute approximate surface area is 153 Å². The molecule has 4 rings (SSSR count). The van der Waals surface area contributed by atoms with E-state index in [9.17, 15) is 4.79 Å². The fraction of sp³-hybridized carbons (Fsp3) is 0.273. The van der Waals surface area contributed by atoms with Crippen LogP contribution in [0, 0.1) is 0 Å². The van der Waals surface area contributed by atoms with Gasteiger partial charge in [-0.05, 0) is 54.5 Å². The summed E-state index contributed by atoms with van der Waals surface area (Å²) in [6.07, 6.45) is 7.75. The van der Waals surface area contributed by atoms with Gasteiger partial charge in [0.2, 0.25) is 0 Å². The maximum Gasteiger partial charge on any atom is 0.306 e. The molecule has 0 bridgehead atoms. The Hall–Kier alpha value is -2.88. The maximum atomic E-state index is 12.3. The van der Waals surface area contributed by atoms with Gasteiger partial charge in [-0.1, -0.05) is 42.5 Å². The number of aromatic nitrogens is 2. The standard InChI is InChI=1S/C22H22N2O2/c25-22(26-21-12-6-8-18-7-4-5-11-20(18)21)14-13-17-15-23-24(16-17)19-9-2-1-3-10-19/h1-5,7,9-11,15-16,21H,6,8,12-14H2.